The second-order valence-electron chi connectivity index (χ2n) is 4.72. The molecule has 0 spiro atoms. The van der Waals surface area contributed by atoms with Crippen LogP contribution in [-0.2, 0) is 6.54 Å². The molecule has 0 aliphatic rings. The van der Waals surface area contributed by atoms with E-state index in [2.05, 4.69) is 15.0 Å². The predicted octanol–water partition coefficient (Wildman–Crippen LogP) is 3.52. The topological polar surface area (TPSA) is 68.9 Å². The van der Waals surface area contributed by atoms with Gasteiger partial charge in [0, 0.05) is 0 Å². The number of ether oxygens (including phenoxy) is 2. The summed E-state index contributed by atoms with van der Waals surface area (Å²) in [6.07, 6.45) is -4.79. The highest BCUT2D eigenvalue weighted by atomic mass is 19.4. The standard InChI is InChI=1S/C16H16F3N3O2/c1-23-12-6-4-5-11(9-12)10-21-15(20)22-13-7-2-3-8-14(13)24-16(17,18)19/h2-9H,10H2,1H3,(H3,20,21,22). The summed E-state index contributed by atoms with van der Waals surface area (Å²) in [5, 5.41) is 2.60. The van der Waals surface area contributed by atoms with Crippen LogP contribution >= 0.6 is 0 Å². The van der Waals surface area contributed by atoms with Crippen molar-refractivity contribution in [3.63, 3.8) is 0 Å². The number of halogens is 3. The number of para-hydroxylation sites is 2. The van der Waals surface area contributed by atoms with Gasteiger partial charge in [-0.1, -0.05) is 24.3 Å². The lowest BCUT2D eigenvalue weighted by molar-refractivity contribution is -0.274. The average Bonchev–Trinajstić information content (AvgIpc) is 2.54. The van der Waals surface area contributed by atoms with Crippen molar-refractivity contribution in [3.8, 4) is 11.5 Å². The molecule has 0 saturated carbocycles. The molecule has 0 amide bonds. The molecule has 24 heavy (non-hydrogen) atoms. The van der Waals surface area contributed by atoms with Gasteiger partial charge in [0.1, 0.15) is 5.75 Å². The zero-order valence-electron chi connectivity index (χ0n) is 12.8. The Balaban J connectivity index is 2.07. The van der Waals surface area contributed by atoms with E-state index in [0.29, 0.717) is 5.75 Å². The molecule has 0 aliphatic heterocycles. The Morgan fingerprint density at radius 2 is 1.92 bits per heavy atom. The van der Waals surface area contributed by atoms with Crippen molar-refractivity contribution in [2.24, 2.45) is 10.7 Å². The summed E-state index contributed by atoms with van der Waals surface area (Å²) in [6.45, 7) is 0.248. The molecule has 128 valence electrons. The maximum Gasteiger partial charge on any atom is 0.573 e. The third kappa shape index (κ3) is 5.38. The molecule has 8 heteroatoms. The quantitative estimate of drug-likeness (QED) is 0.646. The van der Waals surface area contributed by atoms with Gasteiger partial charge in [-0.3, -0.25) is 0 Å². The van der Waals surface area contributed by atoms with Crippen LogP contribution in [0.1, 0.15) is 5.56 Å². The molecule has 2 aromatic rings. The van der Waals surface area contributed by atoms with E-state index in [0.717, 1.165) is 5.56 Å². The number of benzene rings is 2. The third-order valence-corrected chi connectivity index (χ3v) is 2.94. The van der Waals surface area contributed by atoms with Crippen molar-refractivity contribution in [2.45, 2.75) is 12.9 Å². The second-order valence-corrected chi connectivity index (χ2v) is 4.72. The zero-order chi connectivity index (χ0) is 17.6. The SMILES string of the molecule is COc1cccc(CN=C(N)Nc2ccccc2OC(F)(F)F)c1. The highest BCUT2D eigenvalue weighted by molar-refractivity contribution is 5.93. The molecule has 0 aliphatic carbocycles. The van der Waals surface area contributed by atoms with Crippen LogP contribution in [0.5, 0.6) is 11.5 Å². The first-order valence-corrected chi connectivity index (χ1v) is 6.92. The number of methoxy groups -OCH3 is 1. The van der Waals surface area contributed by atoms with Gasteiger partial charge in [-0.25, -0.2) is 4.99 Å². The summed E-state index contributed by atoms with van der Waals surface area (Å²) in [6, 6.07) is 12.8. The fourth-order valence-corrected chi connectivity index (χ4v) is 1.91. The van der Waals surface area contributed by atoms with Crippen LogP contribution in [0.3, 0.4) is 0 Å². The van der Waals surface area contributed by atoms with Gasteiger partial charge in [-0.05, 0) is 29.8 Å². The molecule has 5 nitrogen and oxygen atoms in total. The van der Waals surface area contributed by atoms with Gasteiger partial charge in [0.05, 0.1) is 19.3 Å². The van der Waals surface area contributed by atoms with E-state index >= 15 is 0 Å². The fraction of sp³-hybridized carbons (Fsp3) is 0.188. The van der Waals surface area contributed by atoms with E-state index in [-0.39, 0.29) is 23.9 Å². The Labute approximate surface area is 136 Å². The summed E-state index contributed by atoms with van der Waals surface area (Å²) in [7, 11) is 1.55. The number of alkyl halides is 3. The molecule has 0 aromatic heterocycles. The van der Waals surface area contributed by atoms with Gasteiger partial charge in [-0.2, -0.15) is 0 Å². The van der Waals surface area contributed by atoms with E-state index < -0.39 is 6.36 Å². The van der Waals surface area contributed by atoms with E-state index in [1.807, 2.05) is 6.07 Å². The van der Waals surface area contributed by atoms with Crippen molar-refractivity contribution >= 4 is 11.6 Å². The summed E-state index contributed by atoms with van der Waals surface area (Å²) >= 11 is 0. The van der Waals surface area contributed by atoms with Gasteiger partial charge in [-0.15, -0.1) is 13.2 Å². The van der Waals surface area contributed by atoms with Gasteiger partial charge in [0.2, 0.25) is 0 Å². The van der Waals surface area contributed by atoms with Crippen LogP contribution in [0, 0.1) is 0 Å². The van der Waals surface area contributed by atoms with Gasteiger partial charge in [0.15, 0.2) is 11.7 Å². The summed E-state index contributed by atoms with van der Waals surface area (Å²) in [5.74, 6) is 0.263. The largest absolute Gasteiger partial charge is 0.573 e. The van der Waals surface area contributed by atoms with Crippen LogP contribution in [0.15, 0.2) is 53.5 Å². The van der Waals surface area contributed by atoms with Crippen LogP contribution in [0.25, 0.3) is 0 Å². The number of nitrogens with zero attached hydrogens (tertiary/aromatic N) is 1. The highest BCUT2D eigenvalue weighted by Crippen LogP contribution is 2.29. The third-order valence-electron chi connectivity index (χ3n) is 2.94. The Morgan fingerprint density at radius 1 is 1.17 bits per heavy atom. The predicted molar refractivity (Wildman–Crippen MR) is 85.1 cm³/mol. The Morgan fingerprint density at radius 3 is 2.62 bits per heavy atom. The van der Waals surface area contributed by atoms with Gasteiger partial charge < -0.3 is 20.5 Å². The molecule has 0 fully saturated rings. The van der Waals surface area contributed by atoms with E-state index in [1.54, 1.807) is 31.4 Å². The molecule has 0 bridgehead atoms. The first kappa shape index (κ1) is 17.5. The summed E-state index contributed by atoms with van der Waals surface area (Å²) < 4.78 is 46.2. The molecule has 0 saturated heterocycles. The molecule has 0 unspecified atom stereocenters. The maximum absolute atomic E-state index is 12.4. The lowest BCUT2D eigenvalue weighted by atomic mass is 10.2. The Bertz CT molecular complexity index is 718. The molecule has 0 heterocycles. The number of nitrogens with two attached hydrogens (primary N) is 1. The van der Waals surface area contributed by atoms with Crippen molar-refractivity contribution in [2.75, 3.05) is 12.4 Å². The van der Waals surface area contributed by atoms with Crippen LogP contribution < -0.4 is 20.5 Å². The average molecular weight is 339 g/mol. The molecular weight excluding hydrogens is 323 g/mol. The minimum atomic E-state index is -4.79. The number of hydrogen-bond acceptors (Lipinski definition) is 3. The molecule has 3 N–H and O–H groups in total. The number of hydrogen-bond donors (Lipinski definition) is 2. The lowest BCUT2D eigenvalue weighted by Crippen LogP contribution is -2.24. The van der Waals surface area contributed by atoms with E-state index in [9.17, 15) is 13.2 Å². The Kier molecular flexibility index (Phi) is 5.51. The summed E-state index contributed by atoms with van der Waals surface area (Å²) in [5.41, 5.74) is 6.64. The highest BCUT2D eigenvalue weighted by Gasteiger charge is 2.32. The molecule has 0 radical (unpaired) electrons. The number of rotatable bonds is 5. The monoisotopic (exact) mass is 339 g/mol. The number of nitrogens with one attached hydrogen (secondary N) is 1. The lowest BCUT2D eigenvalue weighted by Gasteiger charge is -2.14. The number of aliphatic imine (C=N–C) groups is 1. The second kappa shape index (κ2) is 7.58. The minimum Gasteiger partial charge on any atom is -0.497 e. The van der Waals surface area contributed by atoms with Crippen molar-refractivity contribution in [1.82, 2.24) is 0 Å². The van der Waals surface area contributed by atoms with Crippen molar-refractivity contribution in [1.29, 1.82) is 0 Å². The Hall–Kier alpha value is -2.90. The van der Waals surface area contributed by atoms with E-state index in [4.69, 9.17) is 10.5 Å². The summed E-state index contributed by atoms with van der Waals surface area (Å²) in [4.78, 5) is 4.09. The molecule has 2 aromatic carbocycles. The maximum atomic E-state index is 12.4. The molecular formula is C16H16F3N3O2. The van der Waals surface area contributed by atoms with Gasteiger partial charge >= 0.3 is 6.36 Å². The minimum absolute atomic E-state index is 0.0314. The first-order valence-electron chi connectivity index (χ1n) is 6.92. The van der Waals surface area contributed by atoms with Crippen molar-refractivity contribution in [3.05, 3.63) is 54.1 Å². The van der Waals surface area contributed by atoms with Crippen LogP contribution in [-0.4, -0.2) is 19.4 Å². The molecule has 2 rings (SSSR count). The first-order chi connectivity index (χ1) is 11.4. The zero-order valence-corrected chi connectivity index (χ0v) is 12.8. The van der Waals surface area contributed by atoms with Crippen LogP contribution in [0.2, 0.25) is 0 Å². The van der Waals surface area contributed by atoms with E-state index in [1.165, 1.54) is 18.2 Å². The normalized spacial score (nSPS) is 11.9. The van der Waals surface area contributed by atoms with Gasteiger partial charge in [0.25, 0.3) is 0 Å². The fourth-order valence-electron chi connectivity index (χ4n) is 1.91. The number of anilines is 1. The molecule has 0 atom stereocenters. The van der Waals surface area contributed by atoms with Crippen molar-refractivity contribution < 1.29 is 22.6 Å². The number of guanidine groups is 1. The smallest absolute Gasteiger partial charge is 0.497 e. The van der Waals surface area contributed by atoms with Crippen LogP contribution in [0.4, 0.5) is 18.9 Å².